The number of para-hydroxylation sites is 1. The monoisotopic (exact) mass is 736 g/mol. The van der Waals surface area contributed by atoms with Gasteiger partial charge >= 0.3 is 0 Å². The smallest absolute Gasteiger partial charge is 0.139 e. The van der Waals surface area contributed by atoms with Crippen LogP contribution in [-0.4, -0.2) is 0 Å². The van der Waals surface area contributed by atoms with Crippen molar-refractivity contribution >= 4 is 97.7 Å². The van der Waals surface area contributed by atoms with Crippen LogP contribution in [0.3, 0.4) is 0 Å². The number of hydrogen-bond donors (Lipinski definition) is 0. The van der Waals surface area contributed by atoms with Crippen molar-refractivity contribution in [3.63, 3.8) is 0 Å². The quantitative estimate of drug-likeness (QED) is 0.169. The first kappa shape index (κ1) is 31.5. The van der Waals surface area contributed by atoms with Crippen LogP contribution in [0.1, 0.15) is 0 Å². The van der Waals surface area contributed by atoms with E-state index < -0.39 is 0 Å². The Hall–Kier alpha value is -7.68. The lowest BCUT2D eigenvalue weighted by molar-refractivity contribution is 0.656. The zero-order valence-electron chi connectivity index (χ0n) is 31.3. The van der Waals surface area contributed by atoms with E-state index in [2.05, 4.69) is 176 Å². The summed E-state index contributed by atoms with van der Waals surface area (Å²) >= 11 is 0. The zero-order chi connectivity index (χ0) is 37.9. The number of rotatable bonds is 3. The average molecular weight is 737 g/mol. The van der Waals surface area contributed by atoms with Crippen LogP contribution in [-0.2, 0) is 0 Å². The average Bonchev–Trinajstić information content (AvgIpc) is 3.82. The number of hydrogen-bond acceptors (Lipinski definition) is 2. The van der Waals surface area contributed by atoms with Crippen molar-refractivity contribution in [3.05, 3.63) is 194 Å². The number of furan rings is 2. The largest absolute Gasteiger partial charge is 0.456 e. The first-order valence-corrected chi connectivity index (χ1v) is 19.9. The highest BCUT2D eigenvalue weighted by molar-refractivity contribution is 6.25. The van der Waals surface area contributed by atoms with E-state index in [1.807, 2.05) is 18.2 Å². The molecule has 0 atom stereocenters. The Bertz CT molecular complexity index is 3800. The van der Waals surface area contributed by atoms with Crippen molar-refractivity contribution in [1.82, 2.24) is 0 Å². The molecule has 11 aromatic carbocycles. The van der Waals surface area contributed by atoms with Gasteiger partial charge in [-0.25, -0.2) is 0 Å². The molecule has 0 amide bonds. The van der Waals surface area contributed by atoms with Gasteiger partial charge in [-0.3, -0.25) is 0 Å². The summed E-state index contributed by atoms with van der Waals surface area (Å²) < 4.78 is 12.7. The second-order valence-corrected chi connectivity index (χ2v) is 15.6. The molecular weight excluding hydrogens is 705 g/mol. The van der Waals surface area contributed by atoms with E-state index in [0.29, 0.717) is 0 Å². The molecule has 2 heteroatoms. The third-order valence-electron chi connectivity index (χ3n) is 12.4. The van der Waals surface area contributed by atoms with Crippen LogP contribution in [0.4, 0.5) is 0 Å². The van der Waals surface area contributed by atoms with Crippen molar-refractivity contribution in [2.75, 3.05) is 0 Å². The molecule has 0 unspecified atom stereocenters. The Morgan fingerprint density at radius 2 is 0.707 bits per heavy atom. The van der Waals surface area contributed by atoms with Gasteiger partial charge in [-0.05, 0) is 124 Å². The summed E-state index contributed by atoms with van der Waals surface area (Å²) in [6.07, 6.45) is 0. The Labute approximate surface area is 332 Å². The topological polar surface area (TPSA) is 26.3 Å². The summed E-state index contributed by atoms with van der Waals surface area (Å²) in [7, 11) is 0. The van der Waals surface area contributed by atoms with Gasteiger partial charge in [-0.1, -0.05) is 152 Å². The summed E-state index contributed by atoms with van der Waals surface area (Å²) in [5, 5.41) is 16.8. The third kappa shape index (κ3) is 4.54. The van der Waals surface area contributed by atoms with Gasteiger partial charge in [-0.2, -0.15) is 0 Å². The molecule has 0 radical (unpaired) electrons. The van der Waals surface area contributed by atoms with Crippen molar-refractivity contribution in [2.24, 2.45) is 0 Å². The minimum atomic E-state index is 0.837. The molecule has 268 valence electrons. The molecule has 0 fully saturated rings. The van der Waals surface area contributed by atoms with Crippen LogP contribution in [0, 0.1) is 0 Å². The first-order chi connectivity index (χ1) is 28.7. The number of fused-ring (bicyclic) bond motifs is 11. The van der Waals surface area contributed by atoms with E-state index in [0.717, 1.165) is 49.3 Å². The van der Waals surface area contributed by atoms with Gasteiger partial charge in [0.15, 0.2) is 0 Å². The molecule has 58 heavy (non-hydrogen) atoms. The van der Waals surface area contributed by atoms with E-state index in [-0.39, 0.29) is 0 Å². The molecule has 0 N–H and O–H groups in total. The minimum absolute atomic E-state index is 0.837. The number of benzene rings is 11. The summed E-state index contributed by atoms with van der Waals surface area (Å²) in [5.74, 6) is 0. The van der Waals surface area contributed by atoms with Crippen LogP contribution >= 0.6 is 0 Å². The lowest BCUT2D eigenvalue weighted by atomic mass is 9.83. The van der Waals surface area contributed by atoms with Gasteiger partial charge in [0.05, 0.1) is 0 Å². The van der Waals surface area contributed by atoms with Crippen molar-refractivity contribution < 1.29 is 8.83 Å². The molecule has 0 aliphatic rings. The van der Waals surface area contributed by atoms with Crippen LogP contribution in [0.15, 0.2) is 203 Å². The van der Waals surface area contributed by atoms with Crippen LogP contribution in [0.25, 0.3) is 131 Å². The van der Waals surface area contributed by atoms with Crippen LogP contribution in [0.5, 0.6) is 0 Å². The third-order valence-corrected chi connectivity index (χ3v) is 12.4. The van der Waals surface area contributed by atoms with E-state index in [1.165, 1.54) is 81.9 Å². The molecule has 13 aromatic rings. The van der Waals surface area contributed by atoms with Gasteiger partial charge < -0.3 is 8.83 Å². The molecular formula is C56H32O2. The van der Waals surface area contributed by atoms with Crippen molar-refractivity contribution in [3.8, 4) is 33.4 Å². The lowest BCUT2D eigenvalue weighted by Crippen LogP contribution is -1.92. The Morgan fingerprint density at radius 3 is 1.47 bits per heavy atom. The highest BCUT2D eigenvalue weighted by Gasteiger charge is 2.20. The maximum absolute atomic E-state index is 6.51. The second kappa shape index (κ2) is 11.9. The van der Waals surface area contributed by atoms with Gasteiger partial charge in [0.25, 0.3) is 0 Å². The Morgan fingerprint density at radius 1 is 0.224 bits per heavy atom. The highest BCUT2D eigenvalue weighted by atomic mass is 16.3. The lowest BCUT2D eigenvalue weighted by Gasteiger charge is -2.20. The van der Waals surface area contributed by atoms with Crippen molar-refractivity contribution in [2.45, 2.75) is 0 Å². The molecule has 2 nitrogen and oxygen atoms in total. The summed E-state index contributed by atoms with van der Waals surface area (Å²) in [5.41, 5.74) is 10.9. The van der Waals surface area contributed by atoms with Gasteiger partial charge in [0.2, 0.25) is 0 Å². The minimum Gasteiger partial charge on any atom is -0.456 e. The van der Waals surface area contributed by atoms with Crippen LogP contribution in [0.2, 0.25) is 0 Å². The summed E-state index contributed by atoms with van der Waals surface area (Å²) in [6, 6.07) is 70.7. The van der Waals surface area contributed by atoms with Crippen LogP contribution < -0.4 is 0 Å². The van der Waals surface area contributed by atoms with E-state index in [4.69, 9.17) is 8.83 Å². The molecule has 2 heterocycles. The molecule has 0 saturated carbocycles. The summed E-state index contributed by atoms with van der Waals surface area (Å²) in [4.78, 5) is 0. The van der Waals surface area contributed by atoms with Gasteiger partial charge in [0.1, 0.15) is 22.3 Å². The second-order valence-electron chi connectivity index (χ2n) is 15.6. The maximum atomic E-state index is 6.51. The predicted molar refractivity (Wildman–Crippen MR) is 245 cm³/mol. The standard InChI is InChI=1S/C56H32O2/c1-2-12-34-27-37(24-21-33(34)11-1)55-43-16-5-7-18-45(43)56(46-19-8-6-17-44(46)55)47-26-25-39(40-13-3-4-14-41(40)47)36-23-22-35-29-48-50-31-49-42-15-9-10-20-51(42)57-53(49)32-54(50)58-52(48)30-38(35)28-36/h1-32H. The summed E-state index contributed by atoms with van der Waals surface area (Å²) in [6.45, 7) is 0. The maximum Gasteiger partial charge on any atom is 0.139 e. The van der Waals surface area contributed by atoms with E-state index >= 15 is 0 Å². The van der Waals surface area contributed by atoms with E-state index in [1.54, 1.807) is 0 Å². The fourth-order valence-electron chi connectivity index (χ4n) is 9.75. The molecule has 13 rings (SSSR count). The molecule has 0 bridgehead atoms. The zero-order valence-corrected chi connectivity index (χ0v) is 31.3. The van der Waals surface area contributed by atoms with Gasteiger partial charge in [-0.15, -0.1) is 0 Å². The fraction of sp³-hybridized carbons (Fsp3) is 0. The molecule has 0 spiro atoms. The first-order valence-electron chi connectivity index (χ1n) is 19.9. The van der Waals surface area contributed by atoms with Crippen molar-refractivity contribution in [1.29, 1.82) is 0 Å². The molecule has 0 aliphatic heterocycles. The highest BCUT2D eigenvalue weighted by Crippen LogP contribution is 2.47. The molecule has 0 saturated heterocycles. The normalized spacial score (nSPS) is 12.1. The fourth-order valence-corrected chi connectivity index (χ4v) is 9.75. The molecule has 2 aromatic heterocycles. The molecule has 0 aliphatic carbocycles. The Kier molecular flexibility index (Phi) is 6.47. The Balaban J connectivity index is 0.987. The SMILES string of the molecule is c1ccc2cc(-c3c4ccccc4c(-c4ccc(-c5ccc6cc7c(cc6c5)oc5cc6oc8ccccc8c6cc57)c5ccccc45)c4ccccc34)ccc2c1. The van der Waals surface area contributed by atoms with E-state index in [9.17, 15) is 0 Å². The van der Waals surface area contributed by atoms with Gasteiger partial charge in [0, 0.05) is 27.6 Å². The predicted octanol–water partition coefficient (Wildman–Crippen LogP) is 16.3.